The summed E-state index contributed by atoms with van der Waals surface area (Å²) in [5.41, 5.74) is 0.572. The molecule has 0 radical (unpaired) electrons. The molecule has 3 aliphatic heterocycles. The van der Waals surface area contributed by atoms with Crippen molar-refractivity contribution in [3.8, 4) is 0 Å². The molecule has 18 heteroatoms. The average Bonchev–Trinajstić information content (AvgIpc) is 3.54. The molecule has 254 valence electrons. The molecule has 6 atom stereocenters. The van der Waals surface area contributed by atoms with E-state index in [4.69, 9.17) is 0 Å². The van der Waals surface area contributed by atoms with Gasteiger partial charge in [-0.3, -0.25) is 19.7 Å². The predicted octanol–water partition coefficient (Wildman–Crippen LogP) is 6.42. The third kappa shape index (κ3) is 6.39. The number of β-lactam (4-membered cyclic amide) rings is 2. The first-order valence-corrected chi connectivity index (χ1v) is 19.9. The second kappa shape index (κ2) is 13.9. The fourth-order valence-electron chi connectivity index (χ4n) is 5.76. The van der Waals surface area contributed by atoms with Crippen LogP contribution in [0.5, 0.6) is 0 Å². The fraction of sp³-hybridized carbons (Fsp3) is 0.367. The summed E-state index contributed by atoms with van der Waals surface area (Å²) < 4.78 is 1.27. The number of nitrogens with zero attached hydrogens (tertiary/aromatic N) is 4. The van der Waals surface area contributed by atoms with E-state index >= 15 is 0 Å². The van der Waals surface area contributed by atoms with Crippen molar-refractivity contribution in [1.82, 2.24) is 14.8 Å². The zero-order chi connectivity index (χ0) is 35.3. The monoisotopic (exact) mass is 858 g/mol. The topological polar surface area (TPSA) is 171 Å². The van der Waals surface area contributed by atoms with E-state index in [1.807, 2.05) is 38.1 Å². The molecule has 0 spiro atoms. The van der Waals surface area contributed by atoms with Gasteiger partial charge in [-0.1, -0.05) is 73.5 Å². The summed E-state index contributed by atoms with van der Waals surface area (Å²) in [4.78, 5) is 64.9. The highest BCUT2D eigenvalue weighted by Gasteiger charge is 2.72. The second-order valence-corrected chi connectivity index (χ2v) is 19.0. The van der Waals surface area contributed by atoms with Crippen molar-refractivity contribution >= 4 is 116 Å². The molecule has 3 saturated heterocycles. The third-order valence-corrected chi connectivity index (χ3v) is 16.4. The van der Waals surface area contributed by atoms with Crippen LogP contribution >= 0.6 is 76.5 Å². The molecule has 6 rings (SSSR count). The first kappa shape index (κ1) is 36.6. The fourth-order valence-corrected chi connectivity index (χ4v) is 13.3. The molecule has 4 heterocycles. The Kier molecular flexibility index (Phi) is 10.6. The lowest BCUT2D eigenvalue weighted by molar-refractivity contribution is -0.384. The summed E-state index contributed by atoms with van der Waals surface area (Å²) in [6.45, 7) is 8.97. The molecule has 12 nitrogen and oxygen atoms in total. The number of amides is 2. The number of hydrogen-bond acceptors (Lipinski definition) is 11. The maximum absolute atomic E-state index is 12.3. The van der Waals surface area contributed by atoms with Gasteiger partial charge in [-0.25, -0.2) is 14.6 Å². The Morgan fingerprint density at radius 1 is 1.10 bits per heavy atom. The molecule has 0 saturated carbocycles. The zero-order valence-electron chi connectivity index (χ0n) is 25.4. The van der Waals surface area contributed by atoms with Crippen molar-refractivity contribution in [2.24, 2.45) is 0 Å². The highest BCUT2D eigenvalue weighted by atomic mass is 79.9. The van der Waals surface area contributed by atoms with Crippen LogP contribution in [0, 0.1) is 10.1 Å². The van der Waals surface area contributed by atoms with Crippen molar-refractivity contribution in [3.05, 3.63) is 76.4 Å². The van der Waals surface area contributed by atoms with E-state index in [9.17, 15) is 39.5 Å². The van der Waals surface area contributed by atoms with Gasteiger partial charge in [0, 0.05) is 23.3 Å². The van der Waals surface area contributed by atoms with Crippen molar-refractivity contribution in [1.29, 1.82) is 0 Å². The van der Waals surface area contributed by atoms with Gasteiger partial charge in [0.25, 0.3) is 5.69 Å². The number of fused-ring (bicyclic) bond motifs is 2. The molecule has 1 unspecified atom stereocenters. The molecule has 1 aromatic heterocycles. The minimum absolute atomic E-state index is 0.0541. The molecule has 3 aliphatic rings. The minimum atomic E-state index is -1.39. The average molecular weight is 861 g/mol. The van der Waals surface area contributed by atoms with Crippen LogP contribution in [-0.4, -0.2) is 90.4 Å². The van der Waals surface area contributed by atoms with Gasteiger partial charge < -0.3 is 20.0 Å². The smallest absolute Gasteiger partial charge is 0.331 e. The summed E-state index contributed by atoms with van der Waals surface area (Å²) >= 11 is 9.70. The molecule has 2 amide bonds. The van der Waals surface area contributed by atoms with Crippen LogP contribution in [-0.2, 0) is 25.6 Å². The number of carbonyl (C=O) groups excluding carboxylic acids is 2. The van der Waals surface area contributed by atoms with E-state index in [1.54, 1.807) is 30.4 Å². The number of thioether (sulfide) groups is 1. The first-order chi connectivity index (χ1) is 22.5. The van der Waals surface area contributed by atoms with Crippen LogP contribution in [0.4, 0.5) is 5.69 Å². The van der Waals surface area contributed by atoms with E-state index in [-0.39, 0.29) is 39.5 Å². The van der Waals surface area contributed by atoms with Gasteiger partial charge in [-0.15, -0.1) is 23.1 Å². The number of para-hydroxylation sites is 1. The van der Waals surface area contributed by atoms with Crippen LogP contribution in [0.25, 0.3) is 10.2 Å². The Morgan fingerprint density at radius 2 is 1.75 bits per heavy atom. The number of non-ortho nitro benzene ring substituents is 1. The molecular formula is C30H28Br2N4O8S4. The van der Waals surface area contributed by atoms with Crippen LogP contribution in [0.2, 0.25) is 0 Å². The quantitative estimate of drug-likeness (QED) is 0.0574. The highest BCUT2D eigenvalue weighted by molar-refractivity contribution is 9.10. The van der Waals surface area contributed by atoms with Crippen LogP contribution < -0.4 is 0 Å². The van der Waals surface area contributed by atoms with Gasteiger partial charge in [0.05, 0.1) is 15.1 Å². The van der Waals surface area contributed by atoms with Gasteiger partial charge >= 0.3 is 11.9 Å². The summed E-state index contributed by atoms with van der Waals surface area (Å²) in [6, 6.07) is 12.7. The largest absolute Gasteiger partial charge is 0.479 e. The second-order valence-electron chi connectivity index (χ2n) is 11.6. The molecule has 3 fully saturated rings. The maximum atomic E-state index is 12.3. The minimum Gasteiger partial charge on any atom is -0.479 e. The predicted molar refractivity (Wildman–Crippen MR) is 195 cm³/mol. The van der Waals surface area contributed by atoms with Crippen molar-refractivity contribution in [3.63, 3.8) is 0 Å². The maximum Gasteiger partial charge on any atom is 0.331 e. The number of alkyl halides is 2. The number of hydrogen-bond donors (Lipinski definition) is 2. The van der Waals surface area contributed by atoms with E-state index in [2.05, 4.69) is 43.4 Å². The summed E-state index contributed by atoms with van der Waals surface area (Å²) in [5.74, 6) is -2.59. The Labute approximate surface area is 307 Å². The molecule has 0 bridgehead atoms. The molecule has 3 aromatic rings. The van der Waals surface area contributed by atoms with Crippen LogP contribution in [0.1, 0.15) is 26.3 Å². The number of likely N-dealkylation sites (tertiary alicyclic amines) is 1. The van der Waals surface area contributed by atoms with Crippen molar-refractivity contribution in [2.75, 3.05) is 0 Å². The molecular weight excluding hydrogens is 832 g/mol. The van der Waals surface area contributed by atoms with Crippen molar-refractivity contribution in [2.45, 2.75) is 68.3 Å². The molecule has 0 aliphatic carbocycles. The Hall–Kier alpha value is -2.64. The Bertz CT molecular complexity index is 1780. The van der Waals surface area contributed by atoms with Gasteiger partial charge in [-0.2, -0.15) is 0 Å². The number of halogens is 2. The number of benzene rings is 2. The van der Waals surface area contributed by atoms with Crippen LogP contribution in [0.3, 0.4) is 0 Å². The van der Waals surface area contributed by atoms with E-state index in [0.717, 1.165) is 14.6 Å². The number of rotatable bonds is 10. The van der Waals surface area contributed by atoms with Gasteiger partial charge in [0.1, 0.15) is 20.4 Å². The standard InChI is InChI=1S/C15H15BrN2O5S.C15H13BrN2O3S3/c1-14(2)15(13(20)21,17-11(19)10(16)12(17)24-14)7-8-3-5-9(6-4-8)18(22)23;1-7(2)11(14(20)21)18-12(19)10(16)13(18)23-24-15-17-8-5-3-4-6-9(8)22-15/h3-6,10,12H,7H2,1-2H3,(H,20,21);3-6,10-11,13H,1H2,2H3,(H,20,21)/t10?,12-,15+;10-,11+,13+/m10/s1. The molecule has 2 N–H and O–H groups in total. The lowest BCUT2D eigenvalue weighted by Crippen LogP contribution is -2.71. The number of nitro groups is 1. The zero-order valence-corrected chi connectivity index (χ0v) is 31.9. The SMILES string of the molecule is C=C(C)[C@H](C(=O)O)N1C(=O)[C@H](Br)[C@H]1SSc1nc2ccccc2s1.CC1(C)S[C@@H]2C(Br)C(=O)N2[C@@]1(Cc1ccc([N+](=O)[O-])cc1)C(=O)O. The van der Waals surface area contributed by atoms with Gasteiger partial charge in [-0.05, 0) is 54.8 Å². The van der Waals surface area contributed by atoms with E-state index in [0.29, 0.717) is 11.1 Å². The summed E-state index contributed by atoms with van der Waals surface area (Å²) in [7, 11) is 2.89. The van der Waals surface area contributed by atoms with Gasteiger partial charge in [0.2, 0.25) is 11.8 Å². The number of aromatic nitrogens is 1. The van der Waals surface area contributed by atoms with E-state index < -0.39 is 38.0 Å². The third-order valence-electron chi connectivity index (χ3n) is 8.25. The van der Waals surface area contributed by atoms with Gasteiger partial charge in [0.15, 0.2) is 15.9 Å². The lowest BCUT2D eigenvalue weighted by atomic mass is 9.77. The number of carboxylic acids is 2. The van der Waals surface area contributed by atoms with Crippen molar-refractivity contribution < 1.29 is 34.3 Å². The number of carbonyl (C=O) groups is 4. The van der Waals surface area contributed by atoms with Crippen LogP contribution in [0.15, 0.2) is 65.0 Å². The molecule has 2 aromatic carbocycles. The summed E-state index contributed by atoms with van der Waals surface area (Å²) in [5, 5.41) is 29.6. The number of carboxylic acid groups (broad SMARTS) is 2. The highest BCUT2D eigenvalue weighted by Crippen LogP contribution is 2.59. The normalized spacial score (nSPS) is 26.1. The Balaban J connectivity index is 0.000000188. The number of nitro benzene ring substituents is 1. The summed E-state index contributed by atoms with van der Waals surface area (Å²) in [6.07, 6.45) is 0.0995. The van der Waals surface area contributed by atoms with E-state index in [1.165, 1.54) is 55.3 Å². The first-order valence-electron chi connectivity index (χ1n) is 14.2. The number of aliphatic carboxylic acids is 2. The lowest BCUT2D eigenvalue weighted by Gasteiger charge is -2.48. The Morgan fingerprint density at radius 3 is 2.31 bits per heavy atom. The molecule has 48 heavy (non-hydrogen) atoms. The number of thiazole rings is 1.